The lowest BCUT2D eigenvalue weighted by Crippen LogP contribution is -2.23. The van der Waals surface area contributed by atoms with Gasteiger partial charge in [0.15, 0.2) is 11.1 Å². The van der Waals surface area contributed by atoms with Crippen molar-refractivity contribution in [3.63, 3.8) is 0 Å². The maximum atomic E-state index is 11.6. The molecule has 82 valence electrons. The van der Waals surface area contributed by atoms with Crippen molar-refractivity contribution in [2.45, 2.75) is 9.60 Å². The van der Waals surface area contributed by atoms with E-state index in [9.17, 15) is 12.6 Å². The predicted molar refractivity (Wildman–Crippen MR) is 53.3 cm³/mol. The third-order valence-electron chi connectivity index (χ3n) is 1.62. The van der Waals surface area contributed by atoms with Crippen molar-refractivity contribution in [2.75, 3.05) is 0 Å². The quantitative estimate of drug-likeness (QED) is 0.612. The number of benzene rings is 1. The minimum Gasteiger partial charge on any atom is -0.304 e. The fourth-order valence-corrected chi connectivity index (χ4v) is 3.15. The van der Waals surface area contributed by atoms with Crippen LogP contribution in [0.15, 0.2) is 40.3 Å². The van der Waals surface area contributed by atoms with Gasteiger partial charge in [0, 0.05) is 0 Å². The lowest BCUT2D eigenvalue weighted by Gasteiger charge is -2.07. The Morgan fingerprint density at radius 2 is 1.87 bits per heavy atom. The van der Waals surface area contributed by atoms with Gasteiger partial charge in [0.2, 0.25) is 9.84 Å². The molecule has 0 fully saturated rings. The van der Waals surface area contributed by atoms with Gasteiger partial charge in [-0.2, -0.15) is 5.11 Å². The number of nitrogens with one attached hydrogen (secondary N) is 1. The zero-order chi connectivity index (χ0) is 11.5. The first-order chi connectivity index (χ1) is 7.00. The van der Waals surface area contributed by atoms with Crippen molar-refractivity contribution in [1.82, 2.24) is 0 Å². The van der Waals surface area contributed by atoms with E-state index in [0.29, 0.717) is 0 Å². The average molecular weight is 248 g/mol. The summed E-state index contributed by atoms with van der Waals surface area (Å²) in [7, 11) is -4.05. The monoisotopic (exact) mass is 248 g/mol. The highest BCUT2D eigenvalue weighted by Crippen LogP contribution is 2.18. The highest BCUT2D eigenvalue weighted by atomic mass is 32.3. The fourth-order valence-electron chi connectivity index (χ4n) is 0.949. The highest BCUT2D eigenvalue weighted by Gasteiger charge is 2.32. The molecule has 15 heavy (non-hydrogen) atoms. The molecule has 0 heterocycles. The molecule has 1 aromatic rings. The van der Waals surface area contributed by atoms with Crippen LogP contribution < -0.4 is 0 Å². The summed E-state index contributed by atoms with van der Waals surface area (Å²) in [5.74, 6) is 0. The molecule has 0 bridgehead atoms. The Morgan fingerprint density at radius 1 is 1.33 bits per heavy atom. The molecule has 0 aliphatic rings. The van der Waals surface area contributed by atoms with Crippen LogP contribution in [0.25, 0.3) is 0 Å². The Kier molecular flexibility index (Phi) is 3.66. The van der Waals surface area contributed by atoms with E-state index < -0.39 is 25.6 Å². The second-order valence-corrected chi connectivity index (χ2v) is 5.88. The van der Waals surface area contributed by atoms with E-state index in [0.717, 1.165) is 0 Å². The lowest BCUT2D eigenvalue weighted by atomic mass is 10.4. The van der Waals surface area contributed by atoms with Gasteiger partial charge in [0.05, 0.1) is 4.90 Å². The van der Waals surface area contributed by atoms with E-state index in [1.165, 1.54) is 24.3 Å². The predicted octanol–water partition coefficient (Wildman–Crippen LogP) is 0.997. The Hall–Kier alpha value is -1.12. The molecule has 0 aliphatic carbocycles. The van der Waals surface area contributed by atoms with Gasteiger partial charge in [-0.05, 0) is 12.1 Å². The van der Waals surface area contributed by atoms with E-state index in [2.05, 4.69) is 5.11 Å². The van der Waals surface area contributed by atoms with Gasteiger partial charge < -0.3 is 4.55 Å². The van der Waals surface area contributed by atoms with Crippen LogP contribution in [0, 0.1) is 5.53 Å². The van der Waals surface area contributed by atoms with Crippen LogP contribution >= 0.6 is 0 Å². The first-order valence-electron chi connectivity index (χ1n) is 3.75. The standard InChI is InChI=1S/C7H8N2O4S2/c8-9-7(14(10)11)15(12,13)6-4-2-1-3-5-6/h1-5,7-8H,(H,10,11). The molecule has 2 atom stereocenters. The first kappa shape index (κ1) is 12.0. The molecule has 1 rings (SSSR count). The van der Waals surface area contributed by atoms with E-state index >= 15 is 0 Å². The number of sulfone groups is 1. The van der Waals surface area contributed by atoms with Crippen molar-refractivity contribution in [2.24, 2.45) is 5.11 Å². The Balaban J connectivity index is 3.24. The van der Waals surface area contributed by atoms with E-state index in [1.807, 2.05) is 0 Å². The fraction of sp³-hybridized carbons (Fsp3) is 0.143. The van der Waals surface area contributed by atoms with Gasteiger partial charge in [0.1, 0.15) is 0 Å². The van der Waals surface area contributed by atoms with Crippen LogP contribution in [0.5, 0.6) is 0 Å². The molecule has 0 amide bonds. The molecule has 0 spiro atoms. The average Bonchev–Trinajstić information content (AvgIpc) is 2.19. The lowest BCUT2D eigenvalue weighted by molar-refractivity contribution is 0.549. The van der Waals surface area contributed by atoms with E-state index in [4.69, 9.17) is 10.1 Å². The molecule has 2 N–H and O–H groups in total. The van der Waals surface area contributed by atoms with Crippen molar-refractivity contribution < 1.29 is 17.2 Å². The zero-order valence-corrected chi connectivity index (χ0v) is 9.03. The number of hydrogen-bond donors (Lipinski definition) is 2. The van der Waals surface area contributed by atoms with Gasteiger partial charge in [-0.25, -0.2) is 18.2 Å². The van der Waals surface area contributed by atoms with Crippen LogP contribution in [0.2, 0.25) is 0 Å². The van der Waals surface area contributed by atoms with Gasteiger partial charge in [-0.1, -0.05) is 18.2 Å². The highest BCUT2D eigenvalue weighted by molar-refractivity contribution is 8.04. The summed E-state index contributed by atoms with van der Waals surface area (Å²) in [4.78, 5) is -0.131. The third kappa shape index (κ3) is 2.46. The Morgan fingerprint density at radius 3 is 2.27 bits per heavy atom. The molecule has 8 heteroatoms. The van der Waals surface area contributed by atoms with Crippen LogP contribution in [0.3, 0.4) is 0 Å². The van der Waals surface area contributed by atoms with Crippen LogP contribution in [0.1, 0.15) is 0 Å². The van der Waals surface area contributed by atoms with Crippen molar-refractivity contribution in [3.05, 3.63) is 30.3 Å². The molecule has 0 saturated heterocycles. The van der Waals surface area contributed by atoms with Crippen LogP contribution in [-0.4, -0.2) is 21.9 Å². The maximum absolute atomic E-state index is 11.6. The SMILES string of the molecule is N=NC(S(=O)O)S(=O)(=O)c1ccccc1. The van der Waals surface area contributed by atoms with Crippen molar-refractivity contribution in [1.29, 1.82) is 5.53 Å². The van der Waals surface area contributed by atoms with Gasteiger partial charge in [-0.3, -0.25) is 0 Å². The van der Waals surface area contributed by atoms with Gasteiger partial charge in [0.25, 0.3) is 4.71 Å². The normalized spacial score (nSPS) is 15.5. The smallest absolute Gasteiger partial charge is 0.274 e. The minimum absolute atomic E-state index is 0.131. The molecular formula is C7H8N2O4S2. The van der Waals surface area contributed by atoms with Gasteiger partial charge in [-0.15, -0.1) is 0 Å². The topological polar surface area (TPSA) is 108 Å². The molecule has 6 nitrogen and oxygen atoms in total. The minimum atomic E-state index is -4.05. The van der Waals surface area contributed by atoms with Crippen LogP contribution in [-0.2, 0) is 20.9 Å². The summed E-state index contributed by atoms with van der Waals surface area (Å²) < 4.78 is 40.7. The second kappa shape index (κ2) is 4.60. The zero-order valence-electron chi connectivity index (χ0n) is 7.40. The summed E-state index contributed by atoms with van der Waals surface area (Å²) in [6.07, 6.45) is 0. The molecule has 0 saturated carbocycles. The molecule has 0 radical (unpaired) electrons. The van der Waals surface area contributed by atoms with Crippen molar-refractivity contribution in [3.8, 4) is 0 Å². The van der Waals surface area contributed by atoms with Gasteiger partial charge >= 0.3 is 0 Å². The number of nitrogens with zero attached hydrogens (tertiary/aromatic N) is 1. The summed E-state index contributed by atoms with van der Waals surface area (Å²) in [6.45, 7) is 0. The Labute approximate surface area is 89.0 Å². The van der Waals surface area contributed by atoms with Crippen molar-refractivity contribution >= 4 is 20.9 Å². The molecular weight excluding hydrogens is 240 g/mol. The molecule has 0 aromatic heterocycles. The largest absolute Gasteiger partial charge is 0.304 e. The molecule has 0 aliphatic heterocycles. The summed E-state index contributed by atoms with van der Waals surface area (Å²) in [6, 6.07) is 7.13. The first-order valence-corrected chi connectivity index (χ1v) is 6.47. The Bertz CT molecular complexity index is 471. The third-order valence-corrected chi connectivity index (χ3v) is 4.89. The molecule has 2 unspecified atom stereocenters. The van der Waals surface area contributed by atoms with Crippen LogP contribution in [0.4, 0.5) is 0 Å². The summed E-state index contributed by atoms with van der Waals surface area (Å²) in [5.41, 5.74) is 6.59. The number of rotatable bonds is 4. The summed E-state index contributed by atoms with van der Waals surface area (Å²) in [5, 5.41) is 2.65. The summed E-state index contributed by atoms with van der Waals surface area (Å²) >= 11 is -2.72. The van der Waals surface area contributed by atoms with E-state index in [1.54, 1.807) is 6.07 Å². The second-order valence-electron chi connectivity index (χ2n) is 2.57. The molecule has 1 aromatic carbocycles. The van der Waals surface area contributed by atoms with E-state index in [-0.39, 0.29) is 4.90 Å². The maximum Gasteiger partial charge on any atom is 0.274 e. The number of hydrogen-bond acceptors (Lipinski definition) is 5.